The molecule has 0 aliphatic carbocycles. The lowest BCUT2D eigenvalue weighted by Gasteiger charge is -2.00. The second-order valence-electron chi connectivity index (χ2n) is 3.46. The Morgan fingerprint density at radius 3 is 3.00 bits per heavy atom. The third-order valence-electron chi connectivity index (χ3n) is 2.09. The summed E-state index contributed by atoms with van der Waals surface area (Å²) in [6.45, 7) is 0. The lowest BCUT2D eigenvalue weighted by molar-refractivity contribution is 0.0690. The van der Waals surface area contributed by atoms with Crippen molar-refractivity contribution in [3.05, 3.63) is 42.0 Å². The lowest BCUT2D eigenvalue weighted by Crippen LogP contribution is -2.01. The van der Waals surface area contributed by atoms with Gasteiger partial charge >= 0.3 is 5.97 Å². The Labute approximate surface area is 102 Å². The van der Waals surface area contributed by atoms with Gasteiger partial charge in [0.1, 0.15) is 5.69 Å². The van der Waals surface area contributed by atoms with E-state index in [1.54, 1.807) is 28.7 Å². The fraction of sp³-hybridized carbons (Fsp3) is 0.182. The minimum Gasteiger partial charge on any atom is -0.477 e. The first-order valence-corrected chi connectivity index (χ1v) is 5.94. The molecule has 0 aliphatic heterocycles. The number of rotatable bonds is 4. The molecule has 88 valence electrons. The first-order valence-electron chi connectivity index (χ1n) is 4.96. The molecule has 2 heterocycles. The summed E-state index contributed by atoms with van der Waals surface area (Å²) in [5.41, 5.74) is 0.827. The molecular weight excluding hydrogens is 238 g/mol. The minimum atomic E-state index is -1.00. The summed E-state index contributed by atoms with van der Waals surface area (Å²) in [5.74, 6) is -0.370. The molecule has 5 nitrogen and oxygen atoms in total. The lowest BCUT2D eigenvalue weighted by atomic mass is 10.3. The molecular formula is C11H11N3O2S. The molecule has 2 aromatic rings. The summed E-state index contributed by atoms with van der Waals surface area (Å²) in [4.78, 5) is 15.8. The van der Waals surface area contributed by atoms with Gasteiger partial charge in [0.25, 0.3) is 0 Å². The van der Waals surface area contributed by atoms with Gasteiger partial charge in [0, 0.05) is 23.9 Å². The maximum absolute atomic E-state index is 10.7. The Morgan fingerprint density at radius 2 is 2.35 bits per heavy atom. The Balaban J connectivity index is 2.04. The molecule has 0 saturated carbocycles. The van der Waals surface area contributed by atoms with Crippen molar-refractivity contribution in [1.82, 2.24) is 14.8 Å². The molecule has 0 amide bonds. The highest BCUT2D eigenvalue weighted by molar-refractivity contribution is 7.98. The van der Waals surface area contributed by atoms with Crippen LogP contribution in [0, 0.1) is 0 Å². The molecule has 6 heteroatoms. The summed E-state index contributed by atoms with van der Waals surface area (Å²) in [6, 6.07) is 5.01. The van der Waals surface area contributed by atoms with Crippen molar-refractivity contribution >= 4 is 17.7 Å². The number of thioether (sulfide) groups is 1. The number of hydrogen-bond donors (Lipinski definition) is 1. The molecule has 0 radical (unpaired) electrons. The van der Waals surface area contributed by atoms with Crippen LogP contribution in [0.2, 0.25) is 0 Å². The van der Waals surface area contributed by atoms with Crippen molar-refractivity contribution in [3.8, 4) is 0 Å². The van der Waals surface area contributed by atoms with Gasteiger partial charge in [0.15, 0.2) is 0 Å². The third kappa shape index (κ3) is 3.07. The van der Waals surface area contributed by atoms with Crippen LogP contribution in [-0.4, -0.2) is 25.8 Å². The molecule has 17 heavy (non-hydrogen) atoms. The van der Waals surface area contributed by atoms with E-state index in [4.69, 9.17) is 5.11 Å². The van der Waals surface area contributed by atoms with Gasteiger partial charge in [-0.25, -0.2) is 9.78 Å². The second-order valence-corrected chi connectivity index (χ2v) is 4.51. The maximum atomic E-state index is 10.7. The van der Waals surface area contributed by atoms with E-state index in [-0.39, 0.29) is 5.69 Å². The molecule has 1 N–H and O–H groups in total. The number of carboxylic acid groups (broad SMARTS) is 1. The van der Waals surface area contributed by atoms with E-state index in [0.717, 1.165) is 10.6 Å². The number of aromatic nitrogens is 3. The van der Waals surface area contributed by atoms with Gasteiger partial charge in [-0.05, 0) is 12.1 Å². The Kier molecular flexibility index (Phi) is 3.43. The highest BCUT2D eigenvalue weighted by atomic mass is 32.2. The smallest absolute Gasteiger partial charge is 0.354 e. The average molecular weight is 249 g/mol. The zero-order valence-electron chi connectivity index (χ0n) is 9.20. The van der Waals surface area contributed by atoms with Crippen LogP contribution < -0.4 is 0 Å². The Morgan fingerprint density at radius 1 is 1.53 bits per heavy atom. The highest BCUT2D eigenvalue weighted by Crippen LogP contribution is 2.20. The molecule has 0 aliphatic rings. The summed E-state index contributed by atoms with van der Waals surface area (Å²) < 4.78 is 1.73. The van der Waals surface area contributed by atoms with E-state index in [1.165, 1.54) is 6.07 Å². The molecule has 0 aromatic carbocycles. The standard InChI is InChI=1S/C11H11N3O2S/c1-14-6-9(5-12-14)17-7-8-3-2-4-10(13-8)11(15)16/h2-6H,7H2,1H3,(H,15,16). The molecule has 0 bridgehead atoms. The van der Waals surface area contributed by atoms with Crippen molar-refractivity contribution < 1.29 is 9.90 Å². The number of carboxylic acids is 1. The highest BCUT2D eigenvalue weighted by Gasteiger charge is 2.05. The zero-order chi connectivity index (χ0) is 12.3. The number of hydrogen-bond acceptors (Lipinski definition) is 4. The van der Waals surface area contributed by atoms with Gasteiger partial charge in [-0.2, -0.15) is 5.10 Å². The van der Waals surface area contributed by atoms with Crippen LogP contribution in [0.1, 0.15) is 16.2 Å². The number of carbonyl (C=O) groups is 1. The van der Waals surface area contributed by atoms with E-state index in [1.807, 2.05) is 19.3 Å². The van der Waals surface area contributed by atoms with Gasteiger partial charge < -0.3 is 5.11 Å². The number of aromatic carboxylic acids is 1. The first-order chi connectivity index (χ1) is 8.15. The zero-order valence-corrected chi connectivity index (χ0v) is 10.0. The van der Waals surface area contributed by atoms with Crippen LogP contribution in [0.4, 0.5) is 0 Å². The van der Waals surface area contributed by atoms with Gasteiger partial charge in [-0.15, -0.1) is 11.8 Å². The SMILES string of the molecule is Cn1cc(SCc2cccc(C(=O)O)n2)cn1. The molecule has 0 spiro atoms. The van der Waals surface area contributed by atoms with Gasteiger partial charge in [-0.1, -0.05) is 6.07 Å². The topological polar surface area (TPSA) is 68.0 Å². The monoisotopic (exact) mass is 249 g/mol. The molecule has 0 atom stereocenters. The quantitative estimate of drug-likeness (QED) is 0.837. The first kappa shape index (κ1) is 11.7. The van der Waals surface area contributed by atoms with Crippen LogP contribution in [0.5, 0.6) is 0 Å². The fourth-order valence-corrected chi connectivity index (χ4v) is 2.13. The summed E-state index contributed by atoms with van der Waals surface area (Å²) in [7, 11) is 1.85. The Bertz CT molecular complexity index is 539. The van der Waals surface area contributed by atoms with E-state index < -0.39 is 5.97 Å². The van der Waals surface area contributed by atoms with Crippen molar-refractivity contribution in [2.24, 2.45) is 7.05 Å². The molecule has 2 aromatic heterocycles. The summed E-state index contributed by atoms with van der Waals surface area (Å²) in [5, 5.41) is 12.9. The van der Waals surface area contributed by atoms with E-state index in [9.17, 15) is 4.79 Å². The van der Waals surface area contributed by atoms with Crippen molar-refractivity contribution in [2.45, 2.75) is 10.6 Å². The van der Waals surface area contributed by atoms with E-state index in [0.29, 0.717) is 5.75 Å². The third-order valence-corrected chi connectivity index (χ3v) is 3.08. The van der Waals surface area contributed by atoms with Gasteiger partial charge in [0.2, 0.25) is 0 Å². The van der Waals surface area contributed by atoms with Crippen molar-refractivity contribution in [1.29, 1.82) is 0 Å². The van der Waals surface area contributed by atoms with Gasteiger partial charge in [0.05, 0.1) is 11.9 Å². The van der Waals surface area contributed by atoms with Gasteiger partial charge in [-0.3, -0.25) is 4.68 Å². The fourth-order valence-electron chi connectivity index (χ4n) is 1.31. The molecule has 0 unspecified atom stereocenters. The van der Waals surface area contributed by atoms with Crippen LogP contribution in [0.3, 0.4) is 0 Å². The number of nitrogens with zero attached hydrogens (tertiary/aromatic N) is 3. The van der Waals surface area contributed by atoms with E-state index in [2.05, 4.69) is 10.1 Å². The summed E-state index contributed by atoms with van der Waals surface area (Å²) >= 11 is 1.58. The predicted octanol–water partition coefficient (Wildman–Crippen LogP) is 1.81. The molecule has 0 saturated heterocycles. The molecule has 0 fully saturated rings. The summed E-state index contributed by atoms with van der Waals surface area (Å²) in [6.07, 6.45) is 3.68. The van der Waals surface area contributed by atoms with Crippen LogP contribution in [0.25, 0.3) is 0 Å². The van der Waals surface area contributed by atoms with E-state index >= 15 is 0 Å². The maximum Gasteiger partial charge on any atom is 0.354 e. The number of aryl methyl sites for hydroxylation is 1. The average Bonchev–Trinajstić information content (AvgIpc) is 2.73. The van der Waals surface area contributed by atoms with Crippen molar-refractivity contribution in [3.63, 3.8) is 0 Å². The minimum absolute atomic E-state index is 0.0780. The van der Waals surface area contributed by atoms with Crippen LogP contribution in [-0.2, 0) is 12.8 Å². The van der Waals surface area contributed by atoms with Crippen LogP contribution >= 0.6 is 11.8 Å². The normalized spacial score (nSPS) is 10.4. The van der Waals surface area contributed by atoms with Crippen LogP contribution in [0.15, 0.2) is 35.5 Å². The Hall–Kier alpha value is -1.82. The number of pyridine rings is 1. The molecule has 2 rings (SSSR count). The second kappa shape index (κ2) is 5.01. The predicted molar refractivity (Wildman–Crippen MR) is 64.0 cm³/mol. The largest absolute Gasteiger partial charge is 0.477 e. The van der Waals surface area contributed by atoms with Crippen molar-refractivity contribution in [2.75, 3.05) is 0 Å².